The van der Waals surface area contributed by atoms with E-state index in [4.69, 9.17) is 4.84 Å². The van der Waals surface area contributed by atoms with E-state index in [1.165, 1.54) is 14.2 Å². The topological polar surface area (TPSA) is 70.0 Å². The molecule has 5 heteroatoms. The van der Waals surface area contributed by atoms with Crippen molar-refractivity contribution in [3.05, 3.63) is 0 Å². The highest BCUT2D eigenvalue weighted by Gasteiger charge is 2.34. The number of aliphatic hydroxyl groups excluding tert-OH is 2. The summed E-state index contributed by atoms with van der Waals surface area (Å²) in [7, 11) is 2.91. The predicted octanol–water partition coefficient (Wildman–Crippen LogP) is 1.44. The van der Waals surface area contributed by atoms with Crippen LogP contribution in [-0.2, 0) is 9.63 Å². The van der Waals surface area contributed by atoms with E-state index in [2.05, 4.69) is 6.92 Å². The minimum absolute atomic E-state index is 0.108. The number of aliphatic hydroxyl groups is 2. The van der Waals surface area contributed by atoms with Crippen molar-refractivity contribution < 1.29 is 19.8 Å². The van der Waals surface area contributed by atoms with E-state index in [1.807, 2.05) is 6.92 Å². The first-order valence-corrected chi connectivity index (χ1v) is 6.95. The van der Waals surface area contributed by atoms with Crippen molar-refractivity contribution in [2.75, 3.05) is 14.2 Å². The van der Waals surface area contributed by atoms with Gasteiger partial charge in [-0.15, -0.1) is 0 Å². The molecule has 114 valence electrons. The average molecular weight is 275 g/mol. The first-order chi connectivity index (χ1) is 8.77. The molecule has 0 bridgehead atoms. The molecule has 2 N–H and O–H groups in total. The van der Waals surface area contributed by atoms with Crippen molar-refractivity contribution in [3.63, 3.8) is 0 Å². The van der Waals surface area contributed by atoms with Gasteiger partial charge in [0.1, 0.15) is 0 Å². The molecule has 0 aromatic rings. The molecular weight excluding hydrogens is 246 g/mol. The normalized spacial score (nSPS) is 19.4. The molecule has 5 nitrogen and oxygen atoms in total. The van der Waals surface area contributed by atoms with Crippen LogP contribution in [0.4, 0.5) is 0 Å². The third-order valence-corrected chi connectivity index (χ3v) is 3.89. The number of hydrogen-bond acceptors (Lipinski definition) is 4. The standard InChI is InChI=1S/C14H29NO4/c1-7-8-9(2)12(16)10(3)13(17)11(4)14(18)15(5)19-6/h9-13,16-17H,7-8H2,1-6H3/t9-,10-,11-,12+,13+/m0/s1. The van der Waals surface area contributed by atoms with Crippen LogP contribution in [0.1, 0.15) is 40.5 Å². The Kier molecular flexibility index (Phi) is 8.22. The lowest BCUT2D eigenvalue weighted by Gasteiger charge is -2.32. The van der Waals surface area contributed by atoms with Gasteiger partial charge in [0.15, 0.2) is 0 Å². The Morgan fingerprint density at radius 2 is 1.74 bits per heavy atom. The molecule has 0 fully saturated rings. The van der Waals surface area contributed by atoms with E-state index in [9.17, 15) is 15.0 Å². The Hall–Kier alpha value is -0.650. The molecule has 0 rings (SSSR count). The van der Waals surface area contributed by atoms with Gasteiger partial charge in [0.05, 0.1) is 25.2 Å². The minimum Gasteiger partial charge on any atom is -0.392 e. The first-order valence-electron chi connectivity index (χ1n) is 6.95. The minimum atomic E-state index is -0.889. The Morgan fingerprint density at radius 3 is 2.16 bits per heavy atom. The Bertz CT molecular complexity index is 272. The summed E-state index contributed by atoms with van der Waals surface area (Å²) in [5.41, 5.74) is 0. The third-order valence-electron chi connectivity index (χ3n) is 3.89. The Labute approximate surface area is 116 Å². The fourth-order valence-electron chi connectivity index (χ4n) is 2.32. The molecule has 5 atom stereocenters. The largest absolute Gasteiger partial charge is 0.392 e. The summed E-state index contributed by atoms with van der Waals surface area (Å²) >= 11 is 0. The summed E-state index contributed by atoms with van der Waals surface area (Å²) in [4.78, 5) is 16.7. The zero-order chi connectivity index (χ0) is 15.2. The number of amides is 1. The Balaban J connectivity index is 4.62. The van der Waals surface area contributed by atoms with Gasteiger partial charge in [-0.1, -0.05) is 34.1 Å². The summed E-state index contributed by atoms with van der Waals surface area (Å²) in [6, 6.07) is 0. The van der Waals surface area contributed by atoms with Gasteiger partial charge in [-0.05, 0) is 12.3 Å². The molecule has 1 amide bonds. The molecule has 0 aromatic carbocycles. The van der Waals surface area contributed by atoms with Gasteiger partial charge in [-0.3, -0.25) is 9.63 Å². The maximum atomic E-state index is 11.9. The lowest BCUT2D eigenvalue weighted by Crippen LogP contribution is -2.43. The van der Waals surface area contributed by atoms with Crippen molar-refractivity contribution in [1.29, 1.82) is 0 Å². The highest BCUT2D eigenvalue weighted by Crippen LogP contribution is 2.24. The second kappa shape index (κ2) is 8.51. The van der Waals surface area contributed by atoms with Crippen LogP contribution in [-0.4, -0.2) is 47.5 Å². The molecule has 0 aliphatic rings. The van der Waals surface area contributed by atoms with Crippen LogP contribution in [0.3, 0.4) is 0 Å². The van der Waals surface area contributed by atoms with Crippen LogP contribution in [0.2, 0.25) is 0 Å². The van der Waals surface area contributed by atoms with Crippen molar-refractivity contribution in [3.8, 4) is 0 Å². The average Bonchev–Trinajstić information content (AvgIpc) is 2.42. The van der Waals surface area contributed by atoms with E-state index in [0.717, 1.165) is 17.9 Å². The summed E-state index contributed by atoms with van der Waals surface area (Å²) < 4.78 is 0. The van der Waals surface area contributed by atoms with Gasteiger partial charge in [0.25, 0.3) is 5.91 Å². The summed E-state index contributed by atoms with van der Waals surface area (Å²) in [5, 5.41) is 21.5. The monoisotopic (exact) mass is 275 g/mol. The number of hydroxylamine groups is 2. The smallest absolute Gasteiger partial charge is 0.251 e. The van der Waals surface area contributed by atoms with E-state index in [1.54, 1.807) is 13.8 Å². The van der Waals surface area contributed by atoms with Crippen molar-refractivity contribution >= 4 is 5.91 Å². The van der Waals surface area contributed by atoms with Crippen LogP contribution in [0.25, 0.3) is 0 Å². The van der Waals surface area contributed by atoms with Gasteiger partial charge >= 0.3 is 0 Å². The second-order valence-corrected chi connectivity index (χ2v) is 5.41. The number of carbonyl (C=O) groups excluding carboxylic acids is 1. The van der Waals surface area contributed by atoms with E-state index in [0.29, 0.717) is 0 Å². The molecule has 0 saturated heterocycles. The highest BCUT2D eigenvalue weighted by molar-refractivity contribution is 5.77. The Morgan fingerprint density at radius 1 is 1.21 bits per heavy atom. The molecule has 19 heavy (non-hydrogen) atoms. The third kappa shape index (κ3) is 5.09. The van der Waals surface area contributed by atoms with Gasteiger partial charge in [0.2, 0.25) is 0 Å². The van der Waals surface area contributed by atoms with Crippen LogP contribution in [0.15, 0.2) is 0 Å². The van der Waals surface area contributed by atoms with E-state index >= 15 is 0 Å². The van der Waals surface area contributed by atoms with Crippen LogP contribution >= 0.6 is 0 Å². The highest BCUT2D eigenvalue weighted by atomic mass is 16.7. The second-order valence-electron chi connectivity index (χ2n) is 5.41. The zero-order valence-corrected chi connectivity index (χ0v) is 13.0. The summed E-state index contributed by atoms with van der Waals surface area (Å²) in [5.74, 6) is -1.15. The lowest BCUT2D eigenvalue weighted by atomic mass is 9.82. The number of rotatable bonds is 8. The first kappa shape index (κ1) is 18.4. The fraction of sp³-hybridized carbons (Fsp3) is 0.929. The number of hydrogen-bond donors (Lipinski definition) is 2. The van der Waals surface area contributed by atoms with Gasteiger partial charge in [-0.25, -0.2) is 5.06 Å². The van der Waals surface area contributed by atoms with Gasteiger partial charge in [0, 0.05) is 13.0 Å². The van der Waals surface area contributed by atoms with Crippen LogP contribution in [0.5, 0.6) is 0 Å². The summed E-state index contributed by atoms with van der Waals surface area (Å²) in [6.07, 6.45) is 0.387. The molecule has 0 aliphatic carbocycles. The molecule has 0 unspecified atom stereocenters. The lowest BCUT2D eigenvalue weighted by molar-refractivity contribution is -0.178. The maximum Gasteiger partial charge on any atom is 0.251 e. The van der Waals surface area contributed by atoms with Gasteiger partial charge < -0.3 is 10.2 Å². The SMILES string of the molecule is CCC[C@H](C)[C@@H](O)[C@H](C)[C@@H](O)[C@H](C)C(=O)N(C)OC. The number of carbonyl (C=O) groups is 1. The van der Waals surface area contributed by atoms with Crippen molar-refractivity contribution in [1.82, 2.24) is 5.06 Å². The molecule has 0 aliphatic heterocycles. The van der Waals surface area contributed by atoms with Crippen molar-refractivity contribution in [2.24, 2.45) is 17.8 Å². The molecule has 0 spiro atoms. The van der Waals surface area contributed by atoms with Crippen molar-refractivity contribution in [2.45, 2.75) is 52.7 Å². The van der Waals surface area contributed by atoms with Crippen LogP contribution in [0, 0.1) is 17.8 Å². The van der Waals surface area contributed by atoms with E-state index < -0.39 is 18.1 Å². The summed E-state index contributed by atoms with van der Waals surface area (Å²) in [6.45, 7) is 7.45. The molecule has 0 radical (unpaired) electrons. The number of nitrogens with zero attached hydrogens (tertiary/aromatic N) is 1. The molecule has 0 aromatic heterocycles. The molecular formula is C14H29NO4. The molecule has 0 heterocycles. The molecule has 0 saturated carbocycles. The maximum absolute atomic E-state index is 11.9. The predicted molar refractivity (Wildman–Crippen MR) is 74.2 cm³/mol. The quantitative estimate of drug-likeness (QED) is 0.658. The van der Waals surface area contributed by atoms with Gasteiger partial charge in [-0.2, -0.15) is 0 Å². The zero-order valence-electron chi connectivity index (χ0n) is 13.0. The van der Waals surface area contributed by atoms with Crippen LogP contribution < -0.4 is 0 Å². The van der Waals surface area contributed by atoms with E-state index in [-0.39, 0.29) is 17.7 Å². The fourth-order valence-corrected chi connectivity index (χ4v) is 2.32.